The van der Waals surface area contributed by atoms with Crippen LogP contribution in [0.15, 0.2) is 18.2 Å². The number of nitrogens with zero attached hydrogens (tertiary/aromatic N) is 1. The van der Waals surface area contributed by atoms with Crippen molar-refractivity contribution in [3.05, 3.63) is 33.8 Å². The van der Waals surface area contributed by atoms with Crippen molar-refractivity contribution in [2.24, 2.45) is 0 Å². The highest BCUT2D eigenvalue weighted by molar-refractivity contribution is 6.42. The number of hydrogen-bond acceptors (Lipinski definition) is 3. The average Bonchev–Trinajstić information content (AvgIpc) is 2.88. The fourth-order valence-corrected chi connectivity index (χ4v) is 2.93. The molecule has 6 heteroatoms. The number of likely N-dealkylation sites (tertiary alicyclic amines) is 1. The second-order valence-electron chi connectivity index (χ2n) is 6.97. The van der Waals surface area contributed by atoms with Crippen LogP contribution in [0, 0.1) is 0 Å². The van der Waals surface area contributed by atoms with Gasteiger partial charge >= 0.3 is 6.09 Å². The third-order valence-corrected chi connectivity index (χ3v) is 4.51. The van der Waals surface area contributed by atoms with Crippen LogP contribution in [0.4, 0.5) is 4.79 Å². The van der Waals surface area contributed by atoms with Gasteiger partial charge in [-0.3, -0.25) is 0 Å². The number of amides is 1. The SMILES string of the molecule is CC(NC1CCN(C(=O)OC(C)(C)C)C1)c1ccc(Cl)c(Cl)c1. The molecule has 23 heavy (non-hydrogen) atoms. The minimum atomic E-state index is -0.462. The topological polar surface area (TPSA) is 41.6 Å². The largest absolute Gasteiger partial charge is 0.444 e. The lowest BCUT2D eigenvalue weighted by molar-refractivity contribution is 0.0290. The number of ether oxygens (including phenoxy) is 1. The Morgan fingerprint density at radius 2 is 2.04 bits per heavy atom. The molecule has 0 saturated carbocycles. The van der Waals surface area contributed by atoms with Crippen molar-refractivity contribution >= 4 is 29.3 Å². The molecule has 0 aliphatic carbocycles. The summed E-state index contributed by atoms with van der Waals surface area (Å²) in [6.07, 6.45) is 0.661. The highest BCUT2D eigenvalue weighted by Crippen LogP contribution is 2.26. The quantitative estimate of drug-likeness (QED) is 0.854. The van der Waals surface area contributed by atoms with Gasteiger partial charge in [-0.25, -0.2) is 4.79 Å². The van der Waals surface area contributed by atoms with E-state index in [1.54, 1.807) is 11.0 Å². The first-order valence-electron chi connectivity index (χ1n) is 7.84. The van der Waals surface area contributed by atoms with Gasteiger partial charge in [0.1, 0.15) is 5.60 Å². The van der Waals surface area contributed by atoms with E-state index < -0.39 is 5.60 Å². The van der Waals surface area contributed by atoms with E-state index in [0.29, 0.717) is 23.1 Å². The van der Waals surface area contributed by atoms with Crippen molar-refractivity contribution < 1.29 is 9.53 Å². The molecule has 1 aliphatic heterocycles. The van der Waals surface area contributed by atoms with Crippen molar-refractivity contribution in [2.75, 3.05) is 13.1 Å². The van der Waals surface area contributed by atoms with Gasteiger partial charge in [-0.1, -0.05) is 29.3 Å². The fourth-order valence-electron chi connectivity index (χ4n) is 2.62. The zero-order chi connectivity index (χ0) is 17.2. The van der Waals surface area contributed by atoms with Gasteiger partial charge in [0.15, 0.2) is 0 Å². The van der Waals surface area contributed by atoms with Crippen LogP contribution in [0.3, 0.4) is 0 Å². The van der Waals surface area contributed by atoms with E-state index in [-0.39, 0.29) is 18.2 Å². The molecule has 2 atom stereocenters. The highest BCUT2D eigenvalue weighted by Gasteiger charge is 2.30. The van der Waals surface area contributed by atoms with Gasteiger partial charge in [-0.15, -0.1) is 0 Å². The molecule has 2 unspecified atom stereocenters. The van der Waals surface area contributed by atoms with E-state index >= 15 is 0 Å². The van der Waals surface area contributed by atoms with Gasteiger partial charge in [-0.05, 0) is 51.8 Å². The summed E-state index contributed by atoms with van der Waals surface area (Å²) >= 11 is 12.0. The Hall–Kier alpha value is -0.970. The molecule has 0 aromatic heterocycles. The Morgan fingerprint density at radius 1 is 1.35 bits per heavy atom. The van der Waals surface area contributed by atoms with E-state index in [1.807, 2.05) is 32.9 Å². The predicted molar refractivity (Wildman–Crippen MR) is 94.2 cm³/mol. The van der Waals surface area contributed by atoms with E-state index in [9.17, 15) is 4.79 Å². The molecule has 1 fully saturated rings. The molecule has 1 N–H and O–H groups in total. The number of benzene rings is 1. The van der Waals surface area contributed by atoms with Crippen molar-refractivity contribution in [2.45, 2.75) is 51.8 Å². The summed E-state index contributed by atoms with van der Waals surface area (Å²) in [6.45, 7) is 9.08. The summed E-state index contributed by atoms with van der Waals surface area (Å²) in [4.78, 5) is 13.8. The lowest BCUT2D eigenvalue weighted by atomic mass is 10.1. The summed E-state index contributed by atoms with van der Waals surface area (Å²) in [6, 6.07) is 6.02. The smallest absolute Gasteiger partial charge is 0.410 e. The molecule has 1 aliphatic rings. The number of hydrogen-bond donors (Lipinski definition) is 1. The van der Waals surface area contributed by atoms with Crippen LogP contribution < -0.4 is 5.32 Å². The number of halogens is 2. The molecule has 1 heterocycles. The summed E-state index contributed by atoms with van der Waals surface area (Å²) in [7, 11) is 0. The number of carbonyl (C=O) groups is 1. The second kappa shape index (κ2) is 7.29. The molecule has 2 rings (SSSR count). The standard InChI is InChI=1S/C17H24Cl2N2O2/c1-11(12-5-6-14(18)15(19)9-12)20-13-7-8-21(10-13)16(22)23-17(2,3)4/h5-6,9,11,13,20H,7-8,10H2,1-4H3. The summed E-state index contributed by atoms with van der Waals surface area (Å²) in [5, 5.41) is 4.65. The fraction of sp³-hybridized carbons (Fsp3) is 0.588. The number of nitrogens with one attached hydrogen (secondary N) is 1. The minimum absolute atomic E-state index is 0.133. The second-order valence-corrected chi connectivity index (χ2v) is 7.79. The van der Waals surface area contributed by atoms with Gasteiger partial charge in [0, 0.05) is 25.2 Å². The summed E-state index contributed by atoms with van der Waals surface area (Å²) in [5.41, 5.74) is 0.616. The van der Waals surface area contributed by atoms with Crippen molar-refractivity contribution in [1.29, 1.82) is 0 Å². The van der Waals surface area contributed by atoms with Gasteiger partial charge in [0.25, 0.3) is 0 Å². The van der Waals surface area contributed by atoms with Crippen LogP contribution in [0.2, 0.25) is 10.0 Å². The van der Waals surface area contributed by atoms with Crippen LogP contribution >= 0.6 is 23.2 Å². The monoisotopic (exact) mass is 358 g/mol. The average molecular weight is 359 g/mol. The summed E-state index contributed by atoms with van der Waals surface area (Å²) in [5.74, 6) is 0. The molecule has 0 radical (unpaired) electrons. The van der Waals surface area contributed by atoms with Crippen LogP contribution in [0.25, 0.3) is 0 Å². The first-order valence-corrected chi connectivity index (χ1v) is 8.60. The number of rotatable bonds is 3. The van der Waals surface area contributed by atoms with E-state index in [2.05, 4.69) is 12.2 Å². The van der Waals surface area contributed by atoms with E-state index in [0.717, 1.165) is 12.0 Å². The molecular formula is C17H24Cl2N2O2. The molecule has 1 aromatic carbocycles. The Bertz CT molecular complexity index is 572. The van der Waals surface area contributed by atoms with Gasteiger partial charge < -0.3 is 15.0 Å². The lowest BCUT2D eigenvalue weighted by Crippen LogP contribution is -2.39. The van der Waals surface area contributed by atoms with E-state index in [4.69, 9.17) is 27.9 Å². The van der Waals surface area contributed by atoms with Gasteiger partial charge in [0.05, 0.1) is 10.0 Å². The molecular weight excluding hydrogens is 335 g/mol. The molecule has 128 valence electrons. The van der Waals surface area contributed by atoms with Gasteiger partial charge in [-0.2, -0.15) is 0 Å². The van der Waals surface area contributed by atoms with Crippen LogP contribution in [0.5, 0.6) is 0 Å². The van der Waals surface area contributed by atoms with Crippen LogP contribution in [0.1, 0.15) is 45.7 Å². The minimum Gasteiger partial charge on any atom is -0.444 e. The Balaban J connectivity index is 1.89. The predicted octanol–water partition coefficient (Wildman–Crippen LogP) is 4.65. The van der Waals surface area contributed by atoms with Crippen molar-refractivity contribution in [1.82, 2.24) is 10.2 Å². The Morgan fingerprint density at radius 3 is 2.65 bits per heavy atom. The number of carbonyl (C=O) groups excluding carboxylic acids is 1. The molecule has 0 bridgehead atoms. The normalized spacial score (nSPS) is 19.7. The first-order chi connectivity index (χ1) is 10.7. The molecule has 0 spiro atoms. The van der Waals surface area contributed by atoms with Gasteiger partial charge in [0.2, 0.25) is 0 Å². The van der Waals surface area contributed by atoms with Crippen LogP contribution in [-0.2, 0) is 4.74 Å². The summed E-state index contributed by atoms with van der Waals surface area (Å²) < 4.78 is 5.42. The third kappa shape index (κ3) is 5.27. The third-order valence-electron chi connectivity index (χ3n) is 3.77. The molecule has 1 saturated heterocycles. The zero-order valence-corrected chi connectivity index (χ0v) is 15.5. The molecule has 1 amide bonds. The first kappa shape index (κ1) is 18.4. The zero-order valence-electron chi connectivity index (χ0n) is 14.0. The maximum Gasteiger partial charge on any atom is 0.410 e. The van der Waals surface area contributed by atoms with Crippen molar-refractivity contribution in [3.8, 4) is 0 Å². The maximum absolute atomic E-state index is 12.1. The molecule has 1 aromatic rings. The Labute approximate surface area is 148 Å². The molecule has 4 nitrogen and oxygen atoms in total. The maximum atomic E-state index is 12.1. The van der Waals surface area contributed by atoms with E-state index in [1.165, 1.54) is 0 Å². The lowest BCUT2D eigenvalue weighted by Gasteiger charge is -2.25. The highest BCUT2D eigenvalue weighted by atomic mass is 35.5. The Kier molecular flexibility index (Phi) is 5.82. The van der Waals surface area contributed by atoms with Crippen molar-refractivity contribution in [3.63, 3.8) is 0 Å². The van der Waals surface area contributed by atoms with Crippen LogP contribution in [-0.4, -0.2) is 35.7 Å².